The molecule has 0 radical (unpaired) electrons. The predicted octanol–water partition coefficient (Wildman–Crippen LogP) is -4.78. The Morgan fingerprint density at radius 2 is 1.17 bits per heavy atom. The lowest BCUT2D eigenvalue weighted by molar-refractivity contribution is -0.378. The number of hydrogen-bond acceptors (Lipinski definition) is 18. The van der Waals surface area contributed by atoms with Crippen molar-refractivity contribution in [1.29, 1.82) is 0 Å². The molecule has 1 aromatic rings. The van der Waals surface area contributed by atoms with E-state index in [1.165, 1.54) is 14.2 Å². The molecule has 4 fully saturated rings. The van der Waals surface area contributed by atoms with Crippen LogP contribution in [0.3, 0.4) is 0 Å². The van der Waals surface area contributed by atoms with Gasteiger partial charge >= 0.3 is 0 Å². The van der Waals surface area contributed by atoms with Crippen LogP contribution in [0.1, 0.15) is 19.4 Å². The lowest BCUT2D eigenvalue weighted by Gasteiger charge is -2.49. The van der Waals surface area contributed by atoms with Crippen molar-refractivity contribution in [3.63, 3.8) is 0 Å². The maximum Gasteiger partial charge on any atom is 0.237 e. The quantitative estimate of drug-likeness (QED) is 0.0906. The smallest absolute Gasteiger partial charge is 0.237 e. The van der Waals surface area contributed by atoms with Gasteiger partial charge in [-0.05, 0) is 24.1 Å². The van der Waals surface area contributed by atoms with Crippen LogP contribution in [0.5, 0.6) is 5.75 Å². The second-order valence-corrected chi connectivity index (χ2v) is 14.1. The van der Waals surface area contributed by atoms with Gasteiger partial charge in [-0.1, -0.05) is 26.0 Å². The van der Waals surface area contributed by atoms with Crippen LogP contribution in [-0.2, 0) is 44.4 Å². The zero-order valence-corrected chi connectivity index (χ0v) is 29.3. The Morgan fingerprint density at radius 1 is 0.692 bits per heavy atom. The second-order valence-electron chi connectivity index (χ2n) is 14.1. The minimum Gasteiger partial charge on any atom is -0.462 e. The Hall–Kier alpha value is -2.15. The molecule has 1 aromatic carbocycles. The summed E-state index contributed by atoms with van der Waals surface area (Å²) < 4.78 is 45.3. The highest BCUT2D eigenvalue weighted by Crippen LogP contribution is 2.35. The summed E-state index contributed by atoms with van der Waals surface area (Å²) in [5.74, 6) is 0.0686. The first kappa shape index (κ1) is 41.0. The molecule has 17 atom stereocenters. The average Bonchev–Trinajstić information content (AvgIpc) is 3.32. The van der Waals surface area contributed by atoms with E-state index in [1.54, 1.807) is 24.3 Å². The third-order valence-corrected chi connectivity index (χ3v) is 10.5. The Bertz CT molecular complexity index is 1310. The summed E-state index contributed by atoms with van der Waals surface area (Å²) in [7, 11) is 2.48. The number of hydrogen-bond donors (Lipinski definition) is 10. The van der Waals surface area contributed by atoms with Crippen LogP contribution >= 0.6 is 0 Å². The number of carbonyl (C=O) groups is 1. The standard InChI is InChI=1S/C33H52N2O17/c1-33(2)18(35-29(44)28(33)34)9-13-5-7-14(8-6-13)47-30-22(42)20(40)25(16(11-37)49-30)52-32-27(46-4)23(43)26(17(12-38)50-32)51-31-21(41)19(39)24(45-3)15(10-36)48-31/h5-8,15-28,30-32,36-43H,9-12,34H2,1-4H3,(H,35,44). The van der Waals surface area contributed by atoms with Gasteiger partial charge in [0.1, 0.15) is 79.0 Å². The number of amides is 1. The lowest BCUT2D eigenvalue weighted by Crippen LogP contribution is -2.67. The zero-order valence-electron chi connectivity index (χ0n) is 29.3. The molecule has 0 aromatic heterocycles. The lowest BCUT2D eigenvalue weighted by atomic mass is 9.79. The first-order valence-corrected chi connectivity index (χ1v) is 17.1. The number of rotatable bonds is 13. The molecule has 17 unspecified atom stereocenters. The largest absolute Gasteiger partial charge is 0.462 e. The number of nitrogens with one attached hydrogen (secondary N) is 1. The highest BCUT2D eigenvalue weighted by atomic mass is 16.8. The number of carbonyl (C=O) groups excluding carboxylic acids is 1. The Kier molecular flexibility index (Phi) is 13.5. The van der Waals surface area contributed by atoms with Crippen LogP contribution in [-0.4, -0.2) is 185 Å². The maximum absolute atomic E-state index is 12.1. The van der Waals surface area contributed by atoms with Crippen molar-refractivity contribution < 1.29 is 83.5 Å². The number of nitrogens with two attached hydrogens (primary N) is 1. The normalized spacial score (nSPS) is 43.6. The summed E-state index contributed by atoms with van der Waals surface area (Å²) >= 11 is 0. The number of aliphatic hydroxyl groups is 8. The fourth-order valence-corrected chi connectivity index (χ4v) is 7.04. The van der Waals surface area contributed by atoms with E-state index in [1.807, 2.05) is 13.8 Å². The van der Waals surface area contributed by atoms with Gasteiger partial charge in [0.05, 0.1) is 25.9 Å². The first-order chi connectivity index (χ1) is 24.7. The minimum absolute atomic E-state index is 0.183. The van der Waals surface area contributed by atoms with E-state index in [0.717, 1.165) is 5.56 Å². The molecule has 19 heteroatoms. The van der Waals surface area contributed by atoms with Gasteiger partial charge in [-0.25, -0.2) is 0 Å². The summed E-state index contributed by atoms with van der Waals surface area (Å²) in [5.41, 5.74) is 6.47. The fraction of sp³-hybridized carbons (Fsp3) is 0.788. The highest BCUT2D eigenvalue weighted by Gasteiger charge is 2.54. The van der Waals surface area contributed by atoms with Gasteiger partial charge in [-0.2, -0.15) is 0 Å². The zero-order chi connectivity index (χ0) is 38.1. The van der Waals surface area contributed by atoms with E-state index >= 15 is 0 Å². The molecule has 0 spiro atoms. The second kappa shape index (κ2) is 17.1. The summed E-state index contributed by atoms with van der Waals surface area (Å²) in [6.45, 7) is 1.80. The van der Waals surface area contributed by atoms with E-state index in [0.29, 0.717) is 6.42 Å². The predicted molar refractivity (Wildman–Crippen MR) is 173 cm³/mol. The molecule has 1 amide bonds. The van der Waals surface area contributed by atoms with Crippen molar-refractivity contribution in [2.24, 2.45) is 11.1 Å². The van der Waals surface area contributed by atoms with Gasteiger partial charge in [-0.3, -0.25) is 4.79 Å². The molecule has 4 aliphatic rings. The summed E-state index contributed by atoms with van der Waals surface area (Å²) in [4.78, 5) is 12.1. The molecule has 296 valence electrons. The molecule has 0 aliphatic carbocycles. The van der Waals surface area contributed by atoms with Crippen LogP contribution < -0.4 is 15.8 Å². The fourth-order valence-electron chi connectivity index (χ4n) is 7.04. The van der Waals surface area contributed by atoms with Crippen LogP contribution in [0, 0.1) is 5.41 Å². The minimum atomic E-state index is -1.72. The number of benzene rings is 1. The average molecular weight is 749 g/mol. The Morgan fingerprint density at radius 3 is 1.71 bits per heavy atom. The van der Waals surface area contributed by atoms with Crippen molar-refractivity contribution in [2.75, 3.05) is 34.0 Å². The van der Waals surface area contributed by atoms with Crippen LogP contribution in [0.25, 0.3) is 0 Å². The molecule has 19 nitrogen and oxygen atoms in total. The topological polar surface area (TPSA) is 291 Å². The van der Waals surface area contributed by atoms with Crippen molar-refractivity contribution in [1.82, 2.24) is 5.32 Å². The van der Waals surface area contributed by atoms with E-state index in [2.05, 4.69) is 5.32 Å². The first-order valence-electron chi connectivity index (χ1n) is 17.1. The van der Waals surface area contributed by atoms with Crippen LogP contribution in [0.4, 0.5) is 0 Å². The van der Waals surface area contributed by atoms with Crippen LogP contribution in [0.15, 0.2) is 24.3 Å². The summed E-state index contributed by atoms with van der Waals surface area (Å²) in [6.07, 6.45) is -21.4. The summed E-state index contributed by atoms with van der Waals surface area (Å²) in [5, 5.41) is 87.6. The van der Waals surface area contributed by atoms with E-state index < -0.39 is 123 Å². The van der Waals surface area contributed by atoms with Crippen molar-refractivity contribution >= 4 is 5.91 Å². The van der Waals surface area contributed by atoms with Gasteiger partial charge in [0, 0.05) is 25.7 Å². The van der Waals surface area contributed by atoms with Gasteiger partial charge in [-0.15, -0.1) is 0 Å². The van der Waals surface area contributed by atoms with Gasteiger partial charge in [0.25, 0.3) is 0 Å². The number of aliphatic hydroxyl groups excluding tert-OH is 8. The molecule has 0 saturated carbocycles. The third-order valence-electron chi connectivity index (χ3n) is 10.5. The Balaban J connectivity index is 1.22. The SMILES string of the molecule is COC1C(CO)OC(OC2C(CO)OC(OC3C(CO)OC(Oc4ccc(CC5NC(=O)C(N)C5(C)C)cc4)C(O)C3O)C(OC)C2O)C(O)C1O. The molecule has 0 bridgehead atoms. The molecule has 52 heavy (non-hydrogen) atoms. The summed E-state index contributed by atoms with van der Waals surface area (Å²) in [6, 6.07) is 6.00. The van der Waals surface area contributed by atoms with Crippen molar-refractivity contribution in [3.8, 4) is 5.75 Å². The van der Waals surface area contributed by atoms with E-state index in [4.69, 9.17) is 43.6 Å². The molecule has 4 saturated heterocycles. The monoisotopic (exact) mass is 748 g/mol. The van der Waals surface area contributed by atoms with Gasteiger partial charge in [0.2, 0.25) is 12.2 Å². The third kappa shape index (κ3) is 8.10. The number of methoxy groups -OCH3 is 2. The highest BCUT2D eigenvalue weighted by molar-refractivity contribution is 5.85. The Labute approximate surface area is 300 Å². The molecule has 4 heterocycles. The molecule has 5 rings (SSSR count). The molecule has 11 N–H and O–H groups in total. The van der Waals surface area contributed by atoms with Gasteiger partial charge in [0.15, 0.2) is 12.6 Å². The number of ether oxygens (including phenoxy) is 8. The van der Waals surface area contributed by atoms with Crippen LogP contribution in [0.2, 0.25) is 0 Å². The van der Waals surface area contributed by atoms with Gasteiger partial charge < -0.3 is 89.8 Å². The van der Waals surface area contributed by atoms with E-state index in [9.17, 15) is 45.6 Å². The maximum atomic E-state index is 12.1. The van der Waals surface area contributed by atoms with Crippen molar-refractivity contribution in [3.05, 3.63) is 29.8 Å². The van der Waals surface area contributed by atoms with Crippen molar-refractivity contribution in [2.45, 2.75) is 124 Å². The van der Waals surface area contributed by atoms with E-state index in [-0.39, 0.29) is 17.7 Å². The molecule has 4 aliphatic heterocycles. The molecular formula is C33H52N2O17. The molecular weight excluding hydrogens is 696 g/mol.